The molecule has 0 saturated heterocycles. The lowest BCUT2D eigenvalue weighted by Gasteiger charge is -2.33. The lowest BCUT2D eigenvalue weighted by molar-refractivity contribution is 0.301. The fourth-order valence-electron chi connectivity index (χ4n) is 2.38. The number of nitrogens with zero attached hydrogens (tertiary/aromatic N) is 2. The Kier molecular flexibility index (Phi) is 3.16. The average molecular weight is 272 g/mol. The molecule has 0 spiro atoms. The smallest absolute Gasteiger partial charge is 0.109 e. The van der Waals surface area contributed by atoms with Crippen LogP contribution >= 0.6 is 15.9 Å². The van der Waals surface area contributed by atoms with Crippen LogP contribution in [0, 0.1) is 0 Å². The van der Waals surface area contributed by atoms with E-state index in [0.29, 0.717) is 0 Å². The monoisotopic (exact) mass is 271 g/mol. The fraction of sp³-hybridized carbons (Fsp3) is 0.727. The maximum atomic E-state index is 6.47. The summed E-state index contributed by atoms with van der Waals surface area (Å²) < 4.78 is 3.02. The molecule has 1 aliphatic carbocycles. The van der Waals surface area contributed by atoms with Gasteiger partial charge >= 0.3 is 0 Å². The molecule has 0 amide bonds. The van der Waals surface area contributed by atoms with Gasteiger partial charge in [-0.15, -0.1) is 0 Å². The van der Waals surface area contributed by atoms with E-state index in [0.717, 1.165) is 24.0 Å². The standard InChI is InChI=1S/C11H18BrN3/c1-2-15-10(12)9(8-14-15)11(13)6-4-3-5-7-11/h8H,2-7,13H2,1H3. The molecular formula is C11H18BrN3. The minimum absolute atomic E-state index is 0.148. The van der Waals surface area contributed by atoms with Crippen LogP contribution in [-0.2, 0) is 12.1 Å². The van der Waals surface area contributed by atoms with Crippen LogP contribution in [0.4, 0.5) is 0 Å². The Balaban J connectivity index is 2.30. The molecule has 2 rings (SSSR count). The molecule has 4 heteroatoms. The molecule has 15 heavy (non-hydrogen) atoms. The summed E-state index contributed by atoms with van der Waals surface area (Å²) in [7, 11) is 0. The first-order chi connectivity index (χ1) is 7.17. The summed E-state index contributed by atoms with van der Waals surface area (Å²) in [6.45, 7) is 2.97. The number of rotatable bonds is 2. The average Bonchev–Trinajstić information content (AvgIpc) is 2.61. The summed E-state index contributed by atoms with van der Waals surface area (Å²) in [4.78, 5) is 0. The van der Waals surface area contributed by atoms with Crippen molar-refractivity contribution in [3.63, 3.8) is 0 Å². The fourth-order valence-corrected chi connectivity index (χ4v) is 3.22. The molecule has 1 aliphatic rings. The third-order valence-corrected chi connectivity index (χ3v) is 4.19. The summed E-state index contributed by atoms with van der Waals surface area (Å²) in [5, 5.41) is 4.34. The number of halogens is 1. The zero-order valence-electron chi connectivity index (χ0n) is 9.17. The molecule has 1 saturated carbocycles. The quantitative estimate of drug-likeness (QED) is 0.899. The molecule has 1 heterocycles. The van der Waals surface area contributed by atoms with E-state index >= 15 is 0 Å². The molecule has 1 aromatic rings. The lowest BCUT2D eigenvalue weighted by Crippen LogP contribution is -2.38. The van der Waals surface area contributed by atoms with E-state index in [2.05, 4.69) is 28.0 Å². The normalized spacial score (nSPS) is 20.5. The number of aromatic nitrogens is 2. The first kappa shape index (κ1) is 11.1. The van der Waals surface area contributed by atoms with Crippen molar-refractivity contribution in [1.29, 1.82) is 0 Å². The van der Waals surface area contributed by atoms with E-state index in [9.17, 15) is 0 Å². The van der Waals surface area contributed by atoms with E-state index in [1.807, 2.05) is 10.9 Å². The Bertz CT molecular complexity index is 340. The first-order valence-electron chi connectivity index (χ1n) is 5.68. The third kappa shape index (κ3) is 1.97. The van der Waals surface area contributed by atoms with E-state index < -0.39 is 0 Å². The van der Waals surface area contributed by atoms with Gasteiger partial charge in [-0.05, 0) is 35.7 Å². The molecule has 0 radical (unpaired) electrons. The molecule has 0 atom stereocenters. The zero-order valence-corrected chi connectivity index (χ0v) is 10.8. The van der Waals surface area contributed by atoms with Gasteiger partial charge in [0.05, 0.1) is 6.20 Å². The molecule has 3 nitrogen and oxygen atoms in total. The molecule has 84 valence electrons. The van der Waals surface area contributed by atoms with Gasteiger partial charge in [-0.2, -0.15) is 5.10 Å². The molecule has 2 N–H and O–H groups in total. The molecule has 0 aromatic carbocycles. The summed E-state index contributed by atoms with van der Waals surface area (Å²) in [6, 6.07) is 0. The maximum Gasteiger partial charge on any atom is 0.109 e. The van der Waals surface area contributed by atoms with E-state index in [1.54, 1.807) is 0 Å². The molecule has 1 fully saturated rings. The predicted octanol–water partition coefficient (Wildman–Crippen LogP) is 2.78. The van der Waals surface area contributed by atoms with Crippen LogP contribution in [0.25, 0.3) is 0 Å². The Morgan fingerprint density at radius 1 is 1.47 bits per heavy atom. The molecule has 1 aromatic heterocycles. The second kappa shape index (κ2) is 4.26. The van der Waals surface area contributed by atoms with Gasteiger partial charge in [-0.3, -0.25) is 4.68 Å². The van der Waals surface area contributed by atoms with Crippen LogP contribution in [0.3, 0.4) is 0 Å². The van der Waals surface area contributed by atoms with Crippen LogP contribution in [0.15, 0.2) is 10.8 Å². The predicted molar refractivity (Wildman–Crippen MR) is 64.6 cm³/mol. The topological polar surface area (TPSA) is 43.8 Å². The SMILES string of the molecule is CCn1ncc(C2(N)CCCCC2)c1Br. The molecule has 0 bridgehead atoms. The van der Waals surface area contributed by atoms with Gasteiger partial charge in [0.25, 0.3) is 0 Å². The van der Waals surface area contributed by atoms with Crippen LogP contribution in [0.5, 0.6) is 0 Å². The van der Waals surface area contributed by atoms with Gasteiger partial charge in [-0.1, -0.05) is 19.3 Å². The zero-order chi connectivity index (χ0) is 10.9. The van der Waals surface area contributed by atoms with Crippen LogP contribution in [-0.4, -0.2) is 9.78 Å². The Morgan fingerprint density at radius 3 is 2.67 bits per heavy atom. The number of aryl methyl sites for hydroxylation is 1. The van der Waals surface area contributed by atoms with Gasteiger partial charge in [0, 0.05) is 17.6 Å². The highest BCUT2D eigenvalue weighted by molar-refractivity contribution is 9.10. The Labute approximate surface area is 99.2 Å². The maximum absolute atomic E-state index is 6.47. The van der Waals surface area contributed by atoms with Crippen LogP contribution < -0.4 is 5.73 Å². The van der Waals surface area contributed by atoms with Gasteiger partial charge in [0.1, 0.15) is 4.60 Å². The third-order valence-electron chi connectivity index (χ3n) is 3.36. The second-order valence-electron chi connectivity index (χ2n) is 4.38. The summed E-state index contributed by atoms with van der Waals surface area (Å²) >= 11 is 3.60. The van der Waals surface area contributed by atoms with Crippen molar-refractivity contribution in [3.8, 4) is 0 Å². The largest absolute Gasteiger partial charge is 0.321 e. The second-order valence-corrected chi connectivity index (χ2v) is 5.13. The minimum Gasteiger partial charge on any atom is -0.321 e. The van der Waals surface area contributed by atoms with Gasteiger partial charge in [0.2, 0.25) is 0 Å². The van der Waals surface area contributed by atoms with Gasteiger partial charge in [0.15, 0.2) is 0 Å². The Hall–Kier alpha value is -0.350. The molecular weight excluding hydrogens is 254 g/mol. The minimum atomic E-state index is -0.148. The highest BCUT2D eigenvalue weighted by Gasteiger charge is 2.32. The lowest BCUT2D eigenvalue weighted by atomic mass is 9.79. The van der Waals surface area contributed by atoms with E-state index in [4.69, 9.17) is 5.73 Å². The van der Waals surface area contributed by atoms with Crippen LogP contribution in [0.1, 0.15) is 44.6 Å². The van der Waals surface area contributed by atoms with E-state index in [-0.39, 0.29) is 5.54 Å². The summed E-state index contributed by atoms with van der Waals surface area (Å²) in [5.41, 5.74) is 7.50. The van der Waals surface area contributed by atoms with E-state index in [1.165, 1.54) is 24.8 Å². The van der Waals surface area contributed by atoms with Crippen molar-refractivity contribution < 1.29 is 0 Å². The van der Waals surface area contributed by atoms with Crippen molar-refractivity contribution in [1.82, 2.24) is 9.78 Å². The highest BCUT2D eigenvalue weighted by atomic mass is 79.9. The number of nitrogens with two attached hydrogens (primary N) is 1. The van der Waals surface area contributed by atoms with Crippen molar-refractivity contribution in [2.45, 2.75) is 51.1 Å². The summed E-state index contributed by atoms with van der Waals surface area (Å²) in [6.07, 6.45) is 7.89. The number of hydrogen-bond donors (Lipinski definition) is 1. The van der Waals surface area contributed by atoms with Crippen molar-refractivity contribution in [2.75, 3.05) is 0 Å². The van der Waals surface area contributed by atoms with Gasteiger partial charge in [-0.25, -0.2) is 0 Å². The molecule has 0 unspecified atom stereocenters. The first-order valence-corrected chi connectivity index (χ1v) is 6.47. The van der Waals surface area contributed by atoms with Crippen molar-refractivity contribution >= 4 is 15.9 Å². The Morgan fingerprint density at radius 2 is 2.13 bits per heavy atom. The van der Waals surface area contributed by atoms with Crippen molar-refractivity contribution in [3.05, 3.63) is 16.4 Å². The highest BCUT2D eigenvalue weighted by Crippen LogP contribution is 2.37. The van der Waals surface area contributed by atoms with Crippen molar-refractivity contribution in [2.24, 2.45) is 5.73 Å². The van der Waals surface area contributed by atoms with Crippen LogP contribution in [0.2, 0.25) is 0 Å². The molecule has 0 aliphatic heterocycles. The van der Waals surface area contributed by atoms with Gasteiger partial charge < -0.3 is 5.73 Å². The summed E-state index contributed by atoms with van der Waals surface area (Å²) in [5.74, 6) is 0. The number of hydrogen-bond acceptors (Lipinski definition) is 2.